The van der Waals surface area contributed by atoms with Gasteiger partial charge in [0.05, 0.1) is 24.1 Å². The number of aromatic nitrogens is 2. The van der Waals surface area contributed by atoms with E-state index in [9.17, 15) is 0 Å². The van der Waals surface area contributed by atoms with Crippen LogP contribution < -0.4 is 5.32 Å². The molecule has 3 nitrogen and oxygen atoms in total. The van der Waals surface area contributed by atoms with Gasteiger partial charge in [0.25, 0.3) is 0 Å². The molecule has 0 aliphatic carbocycles. The molecule has 0 aliphatic heterocycles. The molecule has 0 bridgehead atoms. The number of halogens is 3. The molecule has 1 aromatic carbocycles. The number of hydrogen-bond donors (Lipinski definition) is 1. The Labute approximate surface area is 121 Å². The lowest BCUT2D eigenvalue weighted by atomic mass is 10.3. The molecule has 2 rings (SSSR count). The van der Waals surface area contributed by atoms with E-state index in [1.807, 2.05) is 12.1 Å². The summed E-state index contributed by atoms with van der Waals surface area (Å²) in [6.07, 6.45) is 5.05. The standard InChI is InChI=1S/C11H8Br2ClN3/c12-9-3-7(14)4-10(13)11(9)17-6-8-5-15-1-2-16-8/h1-5,17H,6H2. The minimum absolute atomic E-state index is 0.604. The highest BCUT2D eigenvalue weighted by molar-refractivity contribution is 9.11. The fraction of sp³-hybridized carbons (Fsp3) is 0.0909. The van der Waals surface area contributed by atoms with Gasteiger partial charge in [0.1, 0.15) is 0 Å². The zero-order valence-electron chi connectivity index (χ0n) is 8.62. The highest BCUT2D eigenvalue weighted by Gasteiger charge is 2.06. The molecule has 0 fully saturated rings. The molecule has 6 heteroatoms. The molecule has 0 spiro atoms. The number of anilines is 1. The van der Waals surface area contributed by atoms with Crippen molar-refractivity contribution in [2.75, 3.05) is 5.32 Å². The summed E-state index contributed by atoms with van der Waals surface area (Å²) >= 11 is 12.8. The van der Waals surface area contributed by atoms with Crippen molar-refractivity contribution in [1.29, 1.82) is 0 Å². The Morgan fingerprint density at radius 3 is 2.47 bits per heavy atom. The van der Waals surface area contributed by atoms with Gasteiger partial charge in [0.2, 0.25) is 0 Å². The molecule has 1 heterocycles. The first-order valence-corrected chi connectivity index (χ1v) is 6.76. The Hall–Kier alpha value is -0.650. The third-order valence-corrected chi connectivity index (χ3v) is 3.54. The lowest BCUT2D eigenvalue weighted by molar-refractivity contribution is 1.01. The van der Waals surface area contributed by atoms with Gasteiger partial charge in [-0.15, -0.1) is 0 Å². The second-order valence-corrected chi connectivity index (χ2v) is 5.44. The fourth-order valence-electron chi connectivity index (χ4n) is 1.31. The van der Waals surface area contributed by atoms with Crippen LogP contribution in [0.4, 0.5) is 5.69 Å². The maximum atomic E-state index is 5.93. The molecular formula is C11H8Br2ClN3. The second-order valence-electron chi connectivity index (χ2n) is 3.29. The molecule has 0 saturated carbocycles. The van der Waals surface area contributed by atoms with E-state index in [-0.39, 0.29) is 0 Å². The summed E-state index contributed by atoms with van der Waals surface area (Å²) in [7, 11) is 0. The van der Waals surface area contributed by atoms with Crippen LogP contribution in [0.5, 0.6) is 0 Å². The normalized spacial score (nSPS) is 10.3. The molecule has 0 saturated heterocycles. The fourth-order valence-corrected chi connectivity index (χ4v) is 3.26. The van der Waals surface area contributed by atoms with Crippen LogP contribution in [-0.2, 0) is 6.54 Å². The van der Waals surface area contributed by atoms with E-state index in [0.29, 0.717) is 11.6 Å². The van der Waals surface area contributed by atoms with Gasteiger partial charge in [-0.3, -0.25) is 9.97 Å². The first-order chi connectivity index (χ1) is 8.16. The van der Waals surface area contributed by atoms with E-state index in [2.05, 4.69) is 47.1 Å². The van der Waals surface area contributed by atoms with Crippen molar-refractivity contribution in [3.63, 3.8) is 0 Å². The Bertz CT molecular complexity index is 496. The van der Waals surface area contributed by atoms with Gasteiger partial charge < -0.3 is 5.32 Å². The van der Waals surface area contributed by atoms with E-state index < -0.39 is 0 Å². The molecule has 1 N–H and O–H groups in total. The minimum Gasteiger partial charge on any atom is -0.377 e. The van der Waals surface area contributed by atoms with Crippen LogP contribution in [0.3, 0.4) is 0 Å². The lowest BCUT2D eigenvalue weighted by Crippen LogP contribution is -2.03. The Balaban J connectivity index is 2.15. The summed E-state index contributed by atoms with van der Waals surface area (Å²) in [5.74, 6) is 0. The number of nitrogens with one attached hydrogen (secondary N) is 1. The zero-order chi connectivity index (χ0) is 12.3. The Kier molecular flexibility index (Phi) is 4.36. The molecule has 17 heavy (non-hydrogen) atoms. The summed E-state index contributed by atoms with van der Waals surface area (Å²) in [6.45, 7) is 0.604. The van der Waals surface area contributed by atoms with Crippen molar-refractivity contribution in [2.45, 2.75) is 6.54 Å². The van der Waals surface area contributed by atoms with Crippen molar-refractivity contribution in [2.24, 2.45) is 0 Å². The van der Waals surface area contributed by atoms with Gasteiger partial charge in [0.15, 0.2) is 0 Å². The first kappa shape index (κ1) is 12.8. The minimum atomic E-state index is 0.604. The van der Waals surface area contributed by atoms with E-state index >= 15 is 0 Å². The van der Waals surface area contributed by atoms with Crippen molar-refractivity contribution in [3.8, 4) is 0 Å². The third kappa shape index (κ3) is 3.40. The largest absolute Gasteiger partial charge is 0.377 e. The number of benzene rings is 1. The average Bonchev–Trinajstić information content (AvgIpc) is 2.29. The molecule has 0 atom stereocenters. The monoisotopic (exact) mass is 375 g/mol. The predicted octanol–water partition coefficient (Wildman–Crippen LogP) is 4.27. The highest BCUT2D eigenvalue weighted by Crippen LogP contribution is 2.34. The SMILES string of the molecule is Clc1cc(Br)c(NCc2cnccn2)c(Br)c1. The quantitative estimate of drug-likeness (QED) is 0.868. The van der Waals surface area contributed by atoms with Gasteiger partial charge in [-0.1, -0.05) is 11.6 Å². The Morgan fingerprint density at radius 1 is 1.18 bits per heavy atom. The maximum Gasteiger partial charge on any atom is 0.0777 e. The molecule has 0 unspecified atom stereocenters. The van der Waals surface area contributed by atoms with Crippen LogP contribution in [-0.4, -0.2) is 9.97 Å². The highest BCUT2D eigenvalue weighted by atomic mass is 79.9. The average molecular weight is 377 g/mol. The number of hydrogen-bond acceptors (Lipinski definition) is 3. The Morgan fingerprint density at radius 2 is 1.88 bits per heavy atom. The van der Waals surface area contributed by atoms with Crippen LogP contribution in [0, 0.1) is 0 Å². The van der Waals surface area contributed by atoms with Gasteiger partial charge >= 0.3 is 0 Å². The van der Waals surface area contributed by atoms with Gasteiger partial charge in [-0.25, -0.2) is 0 Å². The zero-order valence-corrected chi connectivity index (χ0v) is 12.6. The number of nitrogens with zero attached hydrogens (tertiary/aromatic N) is 2. The smallest absolute Gasteiger partial charge is 0.0777 e. The molecule has 1 aromatic heterocycles. The van der Waals surface area contributed by atoms with Gasteiger partial charge in [-0.2, -0.15) is 0 Å². The van der Waals surface area contributed by atoms with Crippen molar-refractivity contribution in [3.05, 3.63) is 50.4 Å². The van der Waals surface area contributed by atoms with Crippen LogP contribution >= 0.6 is 43.5 Å². The summed E-state index contributed by atoms with van der Waals surface area (Å²) in [6, 6.07) is 3.68. The third-order valence-electron chi connectivity index (χ3n) is 2.07. The summed E-state index contributed by atoms with van der Waals surface area (Å²) in [4.78, 5) is 8.20. The van der Waals surface area contributed by atoms with E-state index in [1.54, 1.807) is 18.6 Å². The first-order valence-electron chi connectivity index (χ1n) is 4.80. The van der Waals surface area contributed by atoms with E-state index in [4.69, 9.17) is 11.6 Å². The molecule has 0 radical (unpaired) electrons. The van der Waals surface area contributed by atoms with Crippen LogP contribution in [0.25, 0.3) is 0 Å². The maximum absolute atomic E-state index is 5.93. The molecule has 0 aliphatic rings. The molecule has 0 amide bonds. The molecular weight excluding hydrogens is 369 g/mol. The van der Waals surface area contributed by atoms with Crippen molar-refractivity contribution >= 4 is 49.1 Å². The van der Waals surface area contributed by atoms with Gasteiger partial charge in [-0.05, 0) is 44.0 Å². The van der Waals surface area contributed by atoms with Crippen molar-refractivity contribution < 1.29 is 0 Å². The lowest BCUT2D eigenvalue weighted by Gasteiger charge is -2.10. The number of rotatable bonds is 3. The summed E-state index contributed by atoms with van der Waals surface area (Å²) < 4.78 is 1.81. The molecule has 88 valence electrons. The topological polar surface area (TPSA) is 37.8 Å². The van der Waals surface area contributed by atoms with Crippen LogP contribution in [0.1, 0.15) is 5.69 Å². The van der Waals surface area contributed by atoms with Crippen LogP contribution in [0.15, 0.2) is 39.7 Å². The summed E-state index contributed by atoms with van der Waals surface area (Å²) in [5.41, 5.74) is 1.82. The van der Waals surface area contributed by atoms with Gasteiger partial charge in [0, 0.05) is 26.4 Å². The van der Waals surface area contributed by atoms with Crippen molar-refractivity contribution in [1.82, 2.24) is 9.97 Å². The summed E-state index contributed by atoms with van der Waals surface area (Å²) in [5, 5.41) is 3.94. The molecule has 2 aromatic rings. The second kappa shape index (κ2) is 5.80. The van der Waals surface area contributed by atoms with E-state index in [0.717, 1.165) is 20.3 Å². The predicted molar refractivity (Wildman–Crippen MR) is 76.2 cm³/mol. The van der Waals surface area contributed by atoms with Crippen LogP contribution in [0.2, 0.25) is 5.02 Å². The van der Waals surface area contributed by atoms with E-state index in [1.165, 1.54) is 0 Å².